The Morgan fingerprint density at radius 3 is 2.52 bits per heavy atom. The Labute approximate surface area is 124 Å². The molecule has 5 nitrogen and oxygen atoms in total. The number of hydrogen-bond donors (Lipinski definition) is 3. The zero-order chi connectivity index (χ0) is 15.2. The van der Waals surface area contributed by atoms with E-state index in [2.05, 4.69) is 5.32 Å². The van der Waals surface area contributed by atoms with E-state index in [-0.39, 0.29) is 22.9 Å². The third-order valence-corrected chi connectivity index (χ3v) is 4.02. The number of benzene rings is 1. The fourth-order valence-corrected chi connectivity index (χ4v) is 2.79. The summed E-state index contributed by atoms with van der Waals surface area (Å²) in [4.78, 5) is 22.7. The van der Waals surface area contributed by atoms with Gasteiger partial charge in [-0.1, -0.05) is 32.1 Å². The van der Waals surface area contributed by atoms with Crippen LogP contribution in [0.2, 0.25) is 0 Å². The lowest BCUT2D eigenvalue weighted by atomic mass is 9.86. The molecule has 1 saturated carbocycles. The number of carbonyl (C=O) groups is 2. The molecule has 0 spiro atoms. The highest BCUT2D eigenvalue weighted by Gasteiger charge is 2.15. The molecule has 0 heterocycles. The van der Waals surface area contributed by atoms with Gasteiger partial charge in [0.2, 0.25) is 5.91 Å². The van der Waals surface area contributed by atoms with Gasteiger partial charge in [0, 0.05) is 6.42 Å². The number of rotatable bonds is 5. The fourth-order valence-electron chi connectivity index (χ4n) is 2.79. The van der Waals surface area contributed by atoms with Crippen LogP contribution in [0, 0.1) is 5.92 Å². The fraction of sp³-hybridized carbons (Fsp3) is 0.500. The van der Waals surface area contributed by atoms with E-state index in [1.807, 2.05) is 0 Å². The summed E-state index contributed by atoms with van der Waals surface area (Å²) >= 11 is 0. The van der Waals surface area contributed by atoms with E-state index in [4.69, 9.17) is 5.11 Å². The third-order valence-electron chi connectivity index (χ3n) is 4.02. The molecule has 0 atom stereocenters. The van der Waals surface area contributed by atoms with Crippen LogP contribution in [0.15, 0.2) is 18.2 Å². The standard InChI is InChI=1S/C16H21NO4/c18-14-10-12(16(20)21)7-8-13(14)17-15(19)9-6-11-4-2-1-3-5-11/h7-8,10-11,18H,1-6,9H2,(H,17,19)(H,20,21). The molecule has 0 radical (unpaired) electrons. The van der Waals surface area contributed by atoms with Gasteiger partial charge in [-0.25, -0.2) is 4.79 Å². The van der Waals surface area contributed by atoms with Crippen LogP contribution in [-0.4, -0.2) is 22.1 Å². The Bertz CT molecular complexity index is 521. The summed E-state index contributed by atoms with van der Waals surface area (Å²) in [5.74, 6) is -0.840. The summed E-state index contributed by atoms with van der Waals surface area (Å²) in [6.07, 6.45) is 7.52. The first-order chi connectivity index (χ1) is 10.1. The number of amides is 1. The van der Waals surface area contributed by atoms with Gasteiger partial charge in [-0.3, -0.25) is 4.79 Å². The number of carboxylic acid groups (broad SMARTS) is 1. The lowest BCUT2D eigenvalue weighted by molar-refractivity contribution is -0.116. The molecule has 0 bridgehead atoms. The maximum atomic E-state index is 11.9. The quantitative estimate of drug-likeness (QED) is 0.726. The first-order valence-electron chi connectivity index (χ1n) is 7.42. The second-order valence-corrected chi connectivity index (χ2v) is 5.63. The van der Waals surface area contributed by atoms with Crippen LogP contribution >= 0.6 is 0 Å². The first kappa shape index (κ1) is 15.4. The van der Waals surface area contributed by atoms with Crippen LogP contribution in [-0.2, 0) is 4.79 Å². The van der Waals surface area contributed by atoms with Crippen LogP contribution in [0.1, 0.15) is 55.3 Å². The summed E-state index contributed by atoms with van der Waals surface area (Å²) in [5.41, 5.74) is 0.251. The van der Waals surface area contributed by atoms with Crippen LogP contribution in [0.3, 0.4) is 0 Å². The number of carbonyl (C=O) groups excluding carboxylic acids is 1. The van der Waals surface area contributed by atoms with Crippen LogP contribution in [0.4, 0.5) is 5.69 Å². The minimum absolute atomic E-state index is 0.00675. The number of carboxylic acids is 1. The highest BCUT2D eigenvalue weighted by Crippen LogP contribution is 2.28. The second-order valence-electron chi connectivity index (χ2n) is 5.63. The largest absolute Gasteiger partial charge is 0.506 e. The van der Waals surface area contributed by atoms with Crippen molar-refractivity contribution in [2.45, 2.75) is 44.9 Å². The number of phenolic OH excluding ortho intramolecular Hbond substituents is 1. The van der Waals surface area contributed by atoms with Gasteiger partial charge in [-0.15, -0.1) is 0 Å². The Balaban J connectivity index is 1.85. The Kier molecular flexibility index (Phi) is 5.20. The number of nitrogens with one attached hydrogen (secondary N) is 1. The van der Waals surface area contributed by atoms with Crippen molar-refractivity contribution < 1.29 is 19.8 Å². The van der Waals surface area contributed by atoms with Gasteiger partial charge in [0.05, 0.1) is 11.3 Å². The van der Waals surface area contributed by atoms with E-state index < -0.39 is 5.97 Å². The molecule has 0 aliphatic heterocycles. The normalized spacial score (nSPS) is 15.6. The molecule has 1 fully saturated rings. The molecule has 2 rings (SSSR count). The topological polar surface area (TPSA) is 86.6 Å². The summed E-state index contributed by atoms with van der Waals surface area (Å²) < 4.78 is 0. The molecule has 1 aliphatic rings. The van der Waals surface area contributed by atoms with E-state index in [9.17, 15) is 14.7 Å². The molecule has 1 aromatic rings. The molecule has 1 aromatic carbocycles. The van der Waals surface area contributed by atoms with E-state index in [0.29, 0.717) is 12.3 Å². The van der Waals surface area contributed by atoms with E-state index >= 15 is 0 Å². The molecule has 0 unspecified atom stereocenters. The molecule has 1 aliphatic carbocycles. The SMILES string of the molecule is O=C(CCC1CCCCC1)Nc1ccc(C(=O)O)cc1O. The molecule has 21 heavy (non-hydrogen) atoms. The van der Waals surface area contributed by atoms with E-state index in [1.165, 1.54) is 44.2 Å². The minimum Gasteiger partial charge on any atom is -0.506 e. The number of hydrogen-bond acceptors (Lipinski definition) is 3. The maximum absolute atomic E-state index is 11.9. The Morgan fingerprint density at radius 2 is 1.90 bits per heavy atom. The van der Waals surface area contributed by atoms with Gasteiger partial charge in [-0.2, -0.15) is 0 Å². The van der Waals surface area contributed by atoms with Crippen molar-refractivity contribution in [3.05, 3.63) is 23.8 Å². The minimum atomic E-state index is -1.11. The zero-order valence-electron chi connectivity index (χ0n) is 12.0. The van der Waals surface area contributed by atoms with Crippen molar-refractivity contribution in [3.63, 3.8) is 0 Å². The van der Waals surface area contributed by atoms with Crippen molar-refractivity contribution in [2.75, 3.05) is 5.32 Å². The molecular weight excluding hydrogens is 270 g/mol. The van der Waals surface area contributed by atoms with E-state index in [0.717, 1.165) is 12.5 Å². The molecule has 5 heteroatoms. The van der Waals surface area contributed by atoms with Crippen molar-refractivity contribution in [1.29, 1.82) is 0 Å². The second kappa shape index (κ2) is 7.11. The van der Waals surface area contributed by atoms with E-state index in [1.54, 1.807) is 0 Å². The van der Waals surface area contributed by atoms with Gasteiger partial charge in [0.15, 0.2) is 0 Å². The Hall–Kier alpha value is -2.04. The molecule has 114 valence electrons. The van der Waals surface area contributed by atoms with Crippen molar-refractivity contribution in [2.24, 2.45) is 5.92 Å². The summed E-state index contributed by atoms with van der Waals surface area (Å²) in [7, 11) is 0. The van der Waals surface area contributed by atoms with Gasteiger partial charge >= 0.3 is 5.97 Å². The van der Waals surface area contributed by atoms with Crippen molar-refractivity contribution in [1.82, 2.24) is 0 Å². The molecule has 0 aromatic heterocycles. The summed E-state index contributed by atoms with van der Waals surface area (Å²) in [6, 6.07) is 3.91. The van der Waals surface area contributed by atoms with Crippen LogP contribution in [0.5, 0.6) is 5.75 Å². The lowest BCUT2D eigenvalue weighted by Gasteiger charge is -2.21. The van der Waals surface area contributed by atoms with Gasteiger partial charge < -0.3 is 15.5 Å². The monoisotopic (exact) mass is 291 g/mol. The van der Waals surface area contributed by atoms with Gasteiger partial charge in [0.25, 0.3) is 0 Å². The highest BCUT2D eigenvalue weighted by atomic mass is 16.4. The highest BCUT2D eigenvalue weighted by molar-refractivity contribution is 5.94. The number of anilines is 1. The maximum Gasteiger partial charge on any atom is 0.335 e. The molecule has 1 amide bonds. The number of phenols is 1. The zero-order valence-corrected chi connectivity index (χ0v) is 12.0. The predicted octanol–water partition coefficient (Wildman–Crippen LogP) is 3.39. The van der Waals surface area contributed by atoms with Crippen LogP contribution < -0.4 is 5.32 Å². The van der Waals surface area contributed by atoms with Gasteiger partial charge in [0.1, 0.15) is 5.75 Å². The first-order valence-corrected chi connectivity index (χ1v) is 7.42. The van der Waals surface area contributed by atoms with Crippen LogP contribution in [0.25, 0.3) is 0 Å². The summed E-state index contributed by atoms with van der Waals surface area (Å²) in [5, 5.41) is 21.2. The lowest BCUT2D eigenvalue weighted by Crippen LogP contribution is -2.15. The number of aromatic carboxylic acids is 1. The Morgan fingerprint density at radius 1 is 1.19 bits per heavy atom. The molecule has 0 saturated heterocycles. The summed E-state index contributed by atoms with van der Waals surface area (Å²) in [6.45, 7) is 0. The molecule has 3 N–H and O–H groups in total. The number of aromatic hydroxyl groups is 1. The molecular formula is C16H21NO4. The van der Waals surface area contributed by atoms with Gasteiger partial charge in [-0.05, 0) is 30.5 Å². The van der Waals surface area contributed by atoms with Crippen molar-refractivity contribution >= 4 is 17.6 Å². The van der Waals surface area contributed by atoms with Crippen molar-refractivity contribution in [3.8, 4) is 5.75 Å². The average Bonchev–Trinajstić information content (AvgIpc) is 2.48. The predicted molar refractivity (Wildman–Crippen MR) is 79.5 cm³/mol. The third kappa shape index (κ3) is 4.48. The smallest absolute Gasteiger partial charge is 0.335 e. The average molecular weight is 291 g/mol.